The van der Waals surface area contributed by atoms with E-state index in [0.717, 1.165) is 31.7 Å². The second-order valence-corrected chi connectivity index (χ2v) is 3.95. The fourth-order valence-corrected chi connectivity index (χ4v) is 1.60. The Kier molecular flexibility index (Phi) is 3.92. The van der Waals surface area contributed by atoms with Crippen LogP contribution in [0.1, 0.15) is 26.2 Å². The zero-order chi connectivity index (χ0) is 8.97. The quantitative estimate of drug-likeness (QED) is 0.665. The van der Waals surface area contributed by atoms with Crippen molar-refractivity contribution in [3.8, 4) is 0 Å². The number of rotatable bonds is 3. The molecule has 1 aliphatic rings. The molecule has 0 radical (unpaired) electrons. The summed E-state index contributed by atoms with van der Waals surface area (Å²) < 4.78 is 0. The minimum atomic E-state index is 0.329. The Bertz CT molecular complexity index is 161. The van der Waals surface area contributed by atoms with Gasteiger partial charge in [-0.25, -0.2) is 0 Å². The van der Waals surface area contributed by atoms with Crippen molar-refractivity contribution < 1.29 is 4.79 Å². The largest absolute Gasteiger partial charge is 0.342 e. The molecule has 1 amide bonds. The van der Waals surface area contributed by atoms with Crippen LogP contribution in [-0.2, 0) is 4.79 Å². The van der Waals surface area contributed by atoms with Gasteiger partial charge in [0.2, 0.25) is 5.91 Å². The molecule has 0 bridgehead atoms. The Morgan fingerprint density at radius 3 is 2.92 bits per heavy atom. The van der Waals surface area contributed by atoms with E-state index in [2.05, 4.69) is 19.6 Å². The van der Waals surface area contributed by atoms with Gasteiger partial charge in [-0.05, 0) is 24.5 Å². The number of hydrogen-bond donors (Lipinski definition) is 1. The summed E-state index contributed by atoms with van der Waals surface area (Å²) in [5, 5.41) is 0. The third kappa shape index (κ3) is 2.70. The van der Waals surface area contributed by atoms with Crippen molar-refractivity contribution >= 4 is 18.5 Å². The van der Waals surface area contributed by atoms with Crippen LogP contribution in [0.15, 0.2) is 0 Å². The van der Waals surface area contributed by atoms with Gasteiger partial charge in [0.15, 0.2) is 0 Å². The van der Waals surface area contributed by atoms with Crippen LogP contribution >= 0.6 is 12.6 Å². The second kappa shape index (κ2) is 4.75. The molecule has 3 heteroatoms. The summed E-state index contributed by atoms with van der Waals surface area (Å²) in [6.07, 6.45) is 2.99. The van der Waals surface area contributed by atoms with Crippen LogP contribution in [-0.4, -0.2) is 29.6 Å². The maximum Gasteiger partial charge on any atom is 0.222 e. The van der Waals surface area contributed by atoms with Crippen LogP contribution in [0.3, 0.4) is 0 Å². The van der Waals surface area contributed by atoms with Gasteiger partial charge >= 0.3 is 0 Å². The number of likely N-dealkylation sites (tertiary alicyclic amines) is 1. The highest BCUT2D eigenvalue weighted by Gasteiger charge is 2.18. The number of carbonyl (C=O) groups is 1. The Morgan fingerprint density at radius 1 is 1.58 bits per heavy atom. The maximum atomic E-state index is 11.3. The molecule has 0 aromatic carbocycles. The summed E-state index contributed by atoms with van der Waals surface area (Å²) in [5.74, 6) is 1.72. The normalized spacial score (nSPS) is 21.2. The molecule has 0 aromatic rings. The van der Waals surface area contributed by atoms with Gasteiger partial charge in [0.25, 0.3) is 0 Å². The lowest BCUT2D eigenvalue weighted by atomic mass is 10.1. The first-order valence-electron chi connectivity index (χ1n) is 4.62. The van der Waals surface area contributed by atoms with Gasteiger partial charge in [0.1, 0.15) is 0 Å². The third-order valence-electron chi connectivity index (χ3n) is 2.27. The monoisotopic (exact) mass is 187 g/mol. The molecular formula is C9H17NOS. The zero-order valence-electron chi connectivity index (χ0n) is 7.62. The molecule has 0 spiro atoms. The molecule has 1 rings (SSSR count). The van der Waals surface area contributed by atoms with Gasteiger partial charge in [-0.2, -0.15) is 12.6 Å². The molecule has 1 aliphatic heterocycles. The number of piperidine rings is 1. The molecule has 1 heterocycles. The molecule has 1 unspecified atom stereocenters. The van der Waals surface area contributed by atoms with Gasteiger partial charge in [0.05, 0.1) is 0 Å². The van der Waals surface area contributed by atoms with Crippen molar-refractivity contribution in [1.82, 2.24) is 4.90 Å². The van der Waals surface area contributed by atoms with E-state index in [-0.39, 0.29) is 0 Å². The number of nitrogens with zero attached hydrogens (tertiary/aromatic N) is 1. The minimum absolute atomic E-state index is 0.329. The van der Waals surface area contributed by atoms with Gasteiger partial charge in [-0.15, -0.1) is 0 Å². The summed E-state index contributed by atoms with van der Waals surface area (Å²) in [6, 6.07) is 0. The van der Waals surface area contributed by atoms with E-state index in [1.54, 1.807) is 0 Å². The van der Waals surface area contributed by atoms with Crippen LogP contribution in [0.2, 0.25) is 0 Å². The highest BCUT2D eigenvalue weighted by atomic mass is 32.1. The molecule has 0 aromatic heterocycles. The topological polar surface area (TPSA) is 20.3 Å². The van der Waals surface area contributed by atoms with E-state index in [0.29, 0.717) is 11.8 Å². The van der Waals surface area contributed by atoms with E-state index in [4.69, 9.17) is 0 Å². The average molecular weight is 187 g/mol. The number of thiol groups is 1. The molecule has 0 aliphatic carbocycles. The van der Waals surface area contributed by atoms with E-state index in [9.17, 15) is 4.79 Å². The van der Waals surface area contributed by atoms with Crippen LogP contribution in [0.25, 0.3) is 0 Å². The fourth-order valence-electron chi connectivity index (χ4n) is 1.49. The summed E-state index contributed by atoms with van der Waals surface area (Å²) in [6.45, 7) is 3.98. The molecule has 1 saturated heterocycles. The number of carbonyl (C=O) groups excluding carboxylic acids is 1. The van der Waals surface area contributed by atoms with Gasteiger partial charge in [-0.3, -0.25) is 4.79 Å². The molecule has 0 saturated carbocycles. The average Bonchev–Trinajstić information content (AvgIpc) is 2.09. The molecule has 0 N–H and O–H groups in total. The van der Waals surface area contributed by atoms with Crippen molar-refractivity contribution in [2.75, 3.05) is 18.8 Å². The summed E-state index contributed by atoms with van der Waals surface area (Å²) in [4.78, 5) is 13.3. The Balaban J connectivity index is 2.34. The SMILES string of the molecule is CC(CS)CN1CCCCC1=O. The first kappa shape index (κ1) is 9.90. The van der Waals surface area contributed by atoms with Crippen molar-refractivity contribution in [1.29, 1.82) is 0 Å². The lowest BCUT2D eigenvalue weighted by Gasteiger charge is -2.28. The van der Waals surface area contributed by atoms with Crippen molar-refractivity contribution in [2.24, 2.45) is 5.92 Å². The van der Waals surface area contributed by atoms with Crippen molar-refractivity contribution in [3.63, 3.8) is 0 Å². The second-order valence-electron chi connectivity index (χ2n) is 3.58. The van der Waals surface area contributed by atoms with Gasteiger partial charge < -0.3 is 4.90 Å². The predicted octanol–water partition coefficient (Wildman–Crippen LogP) is 1.56. The van der Waals surface area contributed by atoms with Crippen LogP contribution in [0, 0.1) is 5.92 Å². The fraction of sp³-hybridized carbons (Fsp3) is 0.889. The summed E-state index contributed by atoms with van der Waals surface area (Å²) in [5.41, 5.74) is 0. The smallest absolute Gasteiger partial charge is 0.222 e. The minimum Gasteiger partial charge on any atom is -0.342 e. The van der Waals surface area contributed by atoms with Gasteiger partial charge in [0, 0.05) is 19.5 Å². The van der Waals surface area contributed by atoms with E-state index in [1.807, 2.05) is 4.90 Å². The standard InChI is InChI=1S/C9H17NOS/c1-8(7-12)6-10-5-3-2-4-9(10)11/h8,12H,2-7H2,1H3. The molecule has 70 valence electrons. The highest BCUT2D eigenvalue weighted by Crippen LogP contribution is 2.12. The zero-order valence-corrected chi connectivity index (χ0v) is 8.52. The highest BCUT2D eigenvalue weighted by molar-refractivity contribution is 7.80. The number of hydrogen-bond acceptors (Lipinski definition) is 2. The Labute approximate surface area is 79.7 Å². The maximum absolute atomic E-state index is 11.3. The molecule has 2 nitrogen and oxygen atoms in total. The lowest BCUT2D eigenvalue weighted by Crippen LogP contribution is -2.38. The number of amides is 1. The van der Waals surface area contributed by atoms with Crippen LogP contribution in [0.5, 0.6) is 0 Å². The van der Waals surface area contributed by atoms with Crippen LogP contribution in [0.4, 0.5) is 0 Å². The lowest BCUT2D eigenvalue weighted by molar-refractivity contribution is -0.133. The molecule has 1 fully saturated rings. The van der Waals surface area contributed by atoms with E-state index < -0.39 is 0 Å². The van der Waals surface area contributed by atoms with Crippen LogP contribution < -0.4 is 0 Å². The molecule has 12 heavy (non-hydrogen) atoms. The Morgan fingerprint density at radius 2 is 2.33 bits per heavy atom. The molecular weight excluding hydrogens is 170 g/mol. The first-order chi connectivity index (χ1) is 5.74. The van der Waals surface area contributed by atoms with Crippen molar-refractivity contribution in [2.45, 2.75) is 26.2 Å². The van der Waals surface area contributed by atoms with E-state index in [1.165, 1.54) is 6.42 Å². The van der Waals surface area contributed by atoms with Gasteiger partial charge in [-0.1, -0.05) is 6.92 Å². The summed E-state index contributed by atoms with van der Waals surface area (Å²) in [7, 11) is 0. The van der Waals surface area contributed by atoms with Crippen molar-refractivity contribution in [3.05, 3.63) is 0 Å². The summed E-state index contributed by atoms with van der Waals surface area (Å²) >= 11 is 4.21. The predicted molar refractivity (Wildman–Crippen MR) is 53.4 cm³/mol. The first-order valence-corrected chi connectivity index (χ1v) is 5.26. The Hall–Kier alpha value is -0.180. The third-order valence-corrected chi connectivity index (χ3v) is 2.89. The van der Waals surface area contributed by atoms with E-state index >= 15 is 0 Å². The molecule has 1 atom stereocenters.